The number of ether oxygens (including phenoxy) is 1. The average Bonchev–Trinajstić information content (AvgIpc) is 3.04. The summed E-state index contributed by atoms with van der Waals surface area (Å²) in [5.74, 6) is -3.40. The van der Waals surface area contributed by atoms with Crippen molar-refractivity contribution in [1.29, 1.82) is 0 Å². The Hall–Kier alpha value is -0.820. The van der Waals surface area contributed by atoms with Crippen molar-refractivity contribution in [3.05, 3.63) is 0 Å². The minimum absolute atomic E-state index is 0.0229. The lowest BCUT2D eigenvalue weighted by atomic mass is 9.45. The SMILES string of the molecule is O=C(NCC1(CO)CC2(CCC2)C1)C1C2CCC(O2)C1C(F)(F)F. The van der Waals surface area contributed by atoms with E-state index >= 15 is 0 Å². The number of carbonyl (C=O) groups is 1. The van der Waals surface area contributed by atoms with Crippen molar-refractivity contribution in [2.45, 2.75) is 63.3 Å². The lowest BCUT2D eigenvalue weighted by Crippen LogP contribution is -2.58. The maximum absolute atomic E-state index is 13.3. The standard InChI is InChI=1S/C17H24F3NO3/c18-17(19,20)13-11-3-2-10(24-11)12(13)14(23)21-8-16(9-22)6-15(7-16)4-1-5-15/h10-13,22H,1-9H2,(H,21,23). The van der Waals surface area contributed by atoms with Gasteiger partial charge in [-0.3, -0.25) is 4.79 Å². The number of rotatable bonds is 4. The van der Waals surface area contributed by atoms with Gasteiger partial charge in [0.25, 0.3) is 0 Å². The molecular formula is C17H24F3NO3. The highest BCUT2D eigenvalue weighted by atomic mass is 19.4. The van der Waals surface area contributed by atoms with E-state index in [0.29, 0.717) is 18.3 Å². The quantitative estimate of drug-likeness (QED) is 0.821. The molecule has 2 N–H and O–H groups in total. The van der Waals surface area contributed by atoms with Crippen molar-refractivity contribution in [3.63, 3.8) is 0 Å². The zero-order valence-corrected chi connectivity index (χ0v) is 13.6. The molecule has 0 aromatic rings. The number of amides is 1. The molecule has 2 heterocycles. The van der Waals surface area contributed by atoms with E-state index in [4.69, 9.17) is 4.74 Å². The van der Waals surface area contributed by atoms with E-state index in [0.717, 1.165) is 12.8 Å². The minimum atomic E-state index is -4.41. The van der Waals surface area contributed by atoms with Crippen LogP contribution in [0.1, 0.15) is 44.9 Å². The summed E-state index contributed by atoms with van der Waals surface area (Å²) < 4.78 is 45.3. The van der Waals surface area contributed by atoms with Gasteiger partial charge in [0.15, 0.2) is 0 Å². The molecule has 0 aromatic heterocycles. The summed E-state index contributed by atoms with van der Waals surface area (Å²) in [6.07, 6.45) is 0.264. The molecule has 4 rings (SSSR count). The van der Waals surface area contributed by atoms with E-state index in [-0.39, 0.29) is 18.6 Å². The summed E-state index contributed by atoms with van der Waals surface area (Å²) in [5.41, 5.74) is -0.0141. The number of halogens is 3. The first-order valence-corrected chi connectivity index (χ1v) is 8.88. The molecule has 2 saturated heterocycles. The Morgan fingerprint density at radius 3 is 2.42 bits per heavy atom. The Balaban J connectivity index is 1.39. The first-order valence-electron chi connectivity index (χ1n) is 8.88. The number of aliphatic hydroxyl groups is 1. The molecule has 1 spiro atoms. The monoisotopic (exact) mass is 347 g/mol. The van der Waals surface area contributed by atoms with Gasteiger partial charge in [-0.05, 0) is 43.9 Å². The average molecular weight is 347 g/mol. The molecular weight excluding hydrogens is 323 g/mol. The molecule has 0 radical (unpaired) electrons. The minimum Gasteiger partial charge on any atom is -0.396 e. The summed E-state index contributed by atoms with van der Waals surface area (Å²) in [6, 6.07) is 0. The Morgan fingerprint density at radius 2 is 1.88 bits per heavy atom. The molecule has 2 aliphatic carbocycles. The predicted octanol–water partition coefficient (Wildman–Crippen LogP) is 2.40. The van der Waals surface area contributed by atoms with Crippen LogP contribution in [-0.2, 0) is 9.53 Å². The number of alkyl halides is 3. The summed E-state index contributed by atoms with van der Waals surface area (Å²) >= 11 is 0. The molecule has 4 unspecified atom stereocenters. The van der Waals surface area contributed by atoms with Gasteiger partial charge in [0.2, 0.25) is 5.91 Å². The number of fused-ring (bicyclic) bond motifs is 2. The van der Waals surface area contributed by atoms with Gasteiger partial charge in [0, 0.05) is 12.0 Å². The van der Waals surface area contributed by atoms with Crippen LogP contribution in [0.4, 0.5) is 13.2 Å². The second kappa shape index (κ2) is 5.34. The lowest BCUT2D eigenvalue weighted by molar-refractivity contribution is -0.197. The highest BCUT2D eigenvalue weighted by Crippen LogP contribution is 2.64. The van der Waals surface area contributed by atoms with E-state index in [1.54, 1.807) is 0 Å². The molecule has 1 amide bonds. The van der Waals surface area contributed by atoms with Crippen molar-refractivity contribution >= 4 is 5.91 Å². The highest BCUT2D eigenvalue weighted by Gasteiger charge is 2.63. The topological polar surface area (TPSA) is 58.6 Å². The zero-order valence-electron chi connectivity index (χ0n) is 13.6. The number of carbonyl (C=O) groups excluding carboxylic acids is 1. The van der Waals surface area contributed by atoms with Crippen molar-refractivity contribution in [2.75, 3.05) is 13.2 Å². The van der Waals surface area contributed by atoms with Gasteiger partial charge in [-0.15, -0.1) is 0 Å². The predicted molar refractivity (Wildman–Crippen MR) is 79.0 cm³/mol. The van der Waals surface area contributed by atoms with Crippen molar-refractivity contribution < 1.29 is 27.8 Å². The molecule has 24 heavy (non-hydrogen) atoms. The van der Waals surface area contributed by atoms with E-state index in [9.17, 15) is 23.1 Å². The fraction of sp³-hybridized carbons (Fsp3) is 0.941. The van der Waals surface area contributed by atoms with Crippen LogP contribution in [0, 0.1) is 22.7 Å². The summed E-state index contributed by atoms with van der Waals surface area (Å²) in [4.78, 5) is 12.5. The molecule has 7 heteroatoms. The third kappa shape index (κ3) is 2.46. The second-order valence-corrected chi connectivity index (χ2v) is 8.47. The molecule has 4 nitrogen and oxygen atoms in total. The molecule has 2 saturated carbocycles. The Bertz CT molecular complexity index is 524. The van der Waals surface area contributed by atoms with Crippen LogP contribution in [-0.4, -0.2) is 42.5 Å². The van der Waals surface area contributed by atoms with Gasteiger partial charge in [-0.2, -0.15) is 13.2 Å². The third-order valence-electron chi connectivity index (χ3n) is 6.84. The number of nitrogens with one attached hydrogen (secondary N) is 1. The largest absolute Gasteiger partial charge is 0.396 e. The summed E-state index contributed by atoms with van der Waals surface area (Å²) in [7, 11) is 0. The van der Waals surface area contributed by atoms with Crippen molar-refractivity contribution in [2.24, 2.45) is 22.7 Å². The van der Waals surface area contributed by atoms with Gasteiger partial charge >= 0.3 is 6.18 Å². The fourth-order valence-electron chi connectivity index (χ4n) is 5.68. The van der Waals surface area contributed by atoms with Crippen molar-refractivity contribution in [3.8, 4) is 0 Å². The molecule has 0 aromatic carbocycles. The number of aliphatic hydroxyl groups excluding tert-OH is 1. The van der Waals surface area contributed by atoms with Gasteiger partial charge < -0.3 is 15.2 Å². The lowest BCUT2D eigenvalue weighted by Gasteiger charge is -2.60. The summed E-state index contributed by atoms with van der Waals surface area (Å²) in [6.45, 7) is 0.244. The normalized spacial score (nSPS) is 38.7. The first kappa shape index (κ1) is 16.6. The van der Waals surface area contributed by atoms with E-state index < -0.39 is 36.1 Å². The number of hydrogen-bond acceptors (Lipinski definition) is 3. The molecule has 4 aliphatic rings. The van der Waals surface area contributed by atoms with Gasteiger partial charge in [0.05, 0.1) is 30.7 Å². The molecule has 2 bridgehead atoms. The smallest absolute Gasteiger partial charge is 0.395 e. The van der Waals surface area contributed by atoms with Gasteiger partial charge in [0.1, 0.15) is 0 Å². The molecule has 136 valence electrons. The van der Waals surface area contributed by atoms with Crippen LogP contribution in [0.25, 0.3) is 0 Å². The van der Waals surface area contributed by atoms with Crippen LogP contribution < -0.4 is 5.32 Å². The zero-order chi connectivity index (χ0) is 17.2. The fourth-order valence-corrected chi connectivity index (χ4v) is 5.68. The van der Waals surface area contributed by atoms with E-state index in [2.05, 4.69) is 5.32 Å². The van der Waals surface area contributed by atoms with E-state index in [1.165, 1.54) is 19.3 Å². The highest BCUT2D eigenvalue weighted by molar-refractivity contribution is 5.80. The van der Waals surface area contributed by atoms with Gasteiger partial charge in [-0.1, -0.05) is 6.42 Å². The third-order valence-corrected chi connectivity index (χ3v) is 6.84. The summed E-state index contributed by atoms with van der Waals surface area (Å²) in [5, 5.41) is 12.4. The van der Waals surface area contributed by atoms with E-state index in [1.807, 2.05) is 0 Å². The van der Waals surface area contributed by atoms with Crippen LogP contribution in [0.3, 0.4) is 0 Å². The Morgan fingerprint density at radius 1 is 1.21 bits per heavy atom. The van der Waals surface area contributed by atoms with Crippen LogP contribution in [0.5, 0.6) is 0 Å². The molecule has 4 atom stereocenters. The first-order chi connectivity index (χ1) is 11.3. The van der Waals surface area contributed by atoms with Crippen LogP contribution >= 0.6 is 0 Å². The number of hydrogen-bond donors (Lipinski definition) is 2. The Kier molecular flexibility index (Phi) is 3.70. The maximum atomic E-state index is 13.3. The maximum Gasteiger partial charge on any atom is 0.395 e. The van der Waals surface area contributed by atoms with Crippen LogP contribution in [0.2, 0.25) is 0 Å². The second-order valence-electron chi connectivity index (χ2n) is 8.47. The van der Waals surface area contributed by atoms with Crippen LogP contribution in [0.15, 0.2) is 0 Å². The molecule has 2 aliphatic heterocycles. The molecule has 4 fully saturated rings. The van der Waals surface area contributed by atoms with Gasteiger partial charge in [-0.25, -0.2) is 0 Å². The van der Waals surface area contributed by atoms with Crippen molar-refractivity contribution in [1.82, 2.24) is 5.32 Å². The Labute approximate surface area is 139 Å².